The molecule has 0 aromatic heterocycles. The van der Waals surface area contributed by atoms with Crippen LogP contribution in [0.25, 0.3) is 0 Å². The van der Waals surface area contributed by atoms with Gasteiger partial charge < -0.3 is 5.73 Å². The van der Waals surface area contributed by atoms with Gasteiger partial charge in [-0.25, -0.2) is 8.42 Å². The third-order valence-corrected chi connectivity index (χ3v) is 7.10. The standard InChI is InChI=1S/C13H16BrN3O4S.ClH/c14-11-5-9(2-4-13(11)17(18)19)22(20,21)16-6-8-1-3-12(15)10(8)7-16;/h2,4-5,8,10,12H,1,3,6-7,15H2;1H. The molecule has 1 aliphatic heterocycles. The number of nitro benzene ring substituents is 1. The lowest BCUT2D eigenvalue weighted by molar-refractivity contribution is -0.385. The molecule has 2 fully saturated rings. The zero-order valence-electron chi connectivity index (χ0n) is 12.1. The number of nitrogens with zero attached hydrogens (tertiary/aromatic N) is 2. The van der Waals surface area contributed by atoms with Crippen molar-refractivity contribution in [2.75, 3.05) is 13.1 Å². The first kappa shape index (κ1) is 18.6. The summed E-state index contributed by atoms with van der Waals surface area (Å²) in [4.78, 5) is 10.3. The van der Waals surface area contributed by atoms with Crippen LogP contribution in [0.4, 0.5) is 5.69 Å². The summed E-state index contributed by atoms with van der Waals surface area (Å²) in [7, 11) is -3.64. The summed E-state index contributed by atoms with van der Waals surface area (Å²) in [6.45, 7) is 0.915. The van der Waals surface area contributed by atoms with Crippen molar-refractivity contribution in [3.63, 3.8) is 0 Å². The first-order chi connectivity index (χ1) is 10.3. The van der Waals surface area contributed by atoms with Crippen LogP contribution in [0.15, 0.2) is 27.6 Å². The molecule has 10 heteroatoms. The number of benzene rings is 1. The van der Waals surface area contributed by atoms with Crippen LogP contribution in [0.1, 0.15) is 12.8 Å². The molecule has 2 N–H and O–H groups in total. The van der Waals surface area contributed by atoms with E-state index in [-0.39, 0.29) is 39.4 Å². The number of hydrogen-bond donors (Lipinski definition) is 1. The minimum Gasteiger partial charge on any atom is -0.327 e. The average molecular weight is 427 g/mol. The van der Waals surface area contributed by atoms with Gasteiger partial charge in [0.25, 0.3) is 5.69 Å². The second-order valence-corrected chi connectivity index (χ2v) is 8.65. The Morgan fingerprint density at radius 2 is 2.00 bits per heavy atom. The maximum Gasteiger partial charge on any atom is 0.283 e. The SMILES string of the molecule is Cl.NC1CCC2CN(S(=O)(=O)c3ccc([N+](=O)[O-])c(Br)c3)CC12. The monoisotopic (exact) mass is 425 g/mol. The number of hydrogen-bond acceptors (Lipinski definition) is 5. The third kappa shape index (κ3) is 3.25. The fraction of sp³-hybridized carbons (Fsp3) is 0.538. The van der Waals surface area contributed by atoms with Crippen molar-refractivity contribution in [2.24, 2.45) is 17.6 Å². The highest BCUT2D eigenvalue weighted by molar-refractivity contribution is 9.10. The topological polar surface area (TPSA) is 107 Å². The lowest BCUT2D eigenvalue weighted by atomic mass is 9.98. The van der Waals surface area contributed by atoms with E-state index >= 15 is 0 Å². The molecular formula is C13H17BrClN3O4S. The molecule has 2 aliphatic rings. The van der Waals surface area contributed by atoms with Gasteiger partial charge in [0.2, 0.25) is 10.0 Å². The highest BCUT2D eigenvalue weighted by Gasteiger charge is 2.45. The summed E-state index contributed by atoms with van der Waals surface area (Å²) in [5, 5.41) is 10.8. The summed E-state index contributed by atoms with van der Waals surface area (Å²) >= 11 is 3.06. The third-order valence-electron chi connectivity index (χ3n) is 4.63. The highest BCUT2D eigenvalue weighted by Crippen LogP contribution is 2.39. The van der Waals surface area contributed by atoms with E-state index in [9.17, 15) is 18.5 Å². The molecule has 0 bridgehead atoms. The van der Waals surface area contributed by atoms with E-state index in [0.717, 1.165) is 12.8 Å². The predicted octanol–water partition coefficient (Wildman–Crippen LogP) is 2.14. The van der Waals surface area contributed by atoms with Crippen molar-refractivity contribution in [3.8, 4) is 0 Å². The largest absolute Gasteiger partial charge is 0.327 e. The maximum atomic E-state index is 12.7. The smallest absolute Gasteiger partial charge is 0.283 e. The first-order valence-electron chi connectivity index (χ1n) is 7.00. The summed E-state index contributed by atoms with van der Waals surface area (Å²) < 4.78 is 27.0. The fourth-order valence-corrected chi connectivity index (χ4v) is 5.64. The molecule has 1 aliphatic carbocycles. The number of fused-ring (bicyclic) bond motifs is 1. The van der Waals surface area contributed by atoms with Crippen LogP contribution in [-0.2, 0) is 10.0 Å². The van der Waals surface area contributed by atoms with Crippen LogP contribution < -0.4 is 5.73 Å². The summed E-state index contributed by atoms with van der Waals surface area (Å²) in [5.74, 6) is 0.544. The lowest BCUT2D eigenvalue weighted by Crippen LogP contribution is -2.33. The number of sulfonamides is 1. The minimum atomic E-state index is -3.64. The molecule has 0 radical (unpaired) electrons. The molecule has 1 aromatic carbocycles. The van der Waals surface area contributed by atoms with Crippen LogP contribution in [-0.4, -0.2) is 36.8 Å². The second-order valence-electron chi connectivity index (χ2n) is 5.86. The van der Waals surface area contributed by atoms with Crippen molar-refractivity contribution in [2.45, 2.75) is 23.8 Å². The zero-order chi connectivity index (χ0) is 16.1. The van der Waals surface area contributed by atoms with E-state index in [2.05, 4.69) is 15.9 Å². The Labute approximate surface area is 149 Å². The van der Waals surface area contributed by atoms with Crippen molar-refractivity contribution in [1.29, 1.82) is 0 Å². The van der Waals surface area contributed by atoms with Gasteiger partial charge in [-0.3, -0.25) is 10.1 Å². The van der Waals surface area contributed by atoms with Crippen molar-refractivity contribution < 1.29 is 13.3 Å². The highest BCUT2D eigenvalue weighted by atomic mass is 79.9. The molecule has 0 spiro atoms. The number of nitro groups is 1. The van der Waals surface area contributed by atoms with Crippen LogP contribution in [0, 0.1) is 22.0 Å². The van der Waals surface area contributed by atoms with Crippen molar-refractivity contribution in [3.05, 3.63) is 32.8 Å². The normalized spacial score (nSPS) is 27.5. The van der Waals surface area contributed by atoms with Crippen LogP contribution >= 0.6 is 28.3 Å². The van der Waals surface area contributed by atoms with E-state index in [1.165, 1.54) is 22.5 Å². The van der Waals surface area contributed by atoms with Gasteiger partial charge in [-0.2, -0.15) is 4.31 Å². The molecule has 3 atom stereocenters. The Hall–Kier alpha value is -0.740. The Balaban J connectivity index is 0.00000192. The Kier molecular flexibility index (Phi) is 5.37. The first-order valence-corrected chi connectivity index (χ1v) is 9.23. The van der Waals surface area contributed by atoms with Crippen molar-refractivity contribution in [1.82, 2.24) is 4.31 Å². The van der Waals surface area contributed by atoms with Gasteiger partial charge in [-0.05, 0) is 52.7 Å². The molecule has 1 aromatic rings. The Morgan fingerprint density at radius 1 is 1.30 bits per heavy atom. The van der Waals surface area contributed by atoms with Gasteiger partial charge in [-0.15, -0.1) is 12.4 Å². The minimum absolute atomic E-state index is 0. The molecule has 1 heterocycles. The summed E-state index contributed by atoms with van der Waals surface area (Å²) in [6, 6.07) is 3.85. The lowest BCUT2D eigenvalue weighted by Gasteiger charge is -2.18. The maximum absolute atomic E-state index is 12.7. The predicted molar refractivity (Wildman–Crippen MR) is 91.0 cm³/mol. The van der Waals surface area contributed by atoms with Crippen LogP contribution in [0.2, 0.25) is 0 Å². The summed E-state index contributed by atoms with van der Waals surface area (Å²) in [6.07, 6.45) is 1.91. The van der Waals surface area contributed by atoms with Gasteiger partial charge in [0.05, 0.1) is 14.3 Å². The van der Waals surface area contributed by atoms with E-state index in [0.29, 0.717) is 19.0 Å². The molecule has 0 amide bonds. The number of halogens is 2. The number of nitrogens with two attached hydrogens (primary N) is 1. The van der Waals surface area contributed by atoms with E-state index in [1.807, 2.05) is 0 Å². The quantitative estimate of drug-likeness (QED) is 0.588. The molecule has 128 valence electrons. The van der Waals surface area contributed by atoms with Gasteiger partial charge >= 0.3 is 0 Å². The van der Waals surface area contributed by atoms with E-state index < -0.39 is 14.9 Å². The van der Waals surface area contributed by atoms with Gasteiger partial charge in [0.15, 0.2) is 0 Å². The van der Waals surface area contributed by atoms with Crippen LogP contribution in [0.3, 0.4) is 0 Å². The molecule has 7 nitrogen and oxygen atoms in total. The van der Waals surface area contributed by atoms with Crippen LogP contribution in [0.5, 0.6) is 0 Å². The zero-order valence-corrected chi connectivity index (χ0v) is 15.3. The van der Waals surface area contributed by atoms with E-state index in [1.54, 1.807) is 0 Å². The van der Waals surface area contributed by atoms with Gasteiger partial charge in [0, 0.05) is 25.2 Å². The van der Waals surface area contributed by atoms with Gasteiger partial charge in [-0.1, -0.05) is 0 Å². The average Bonchev–Trinajstić information content (AvgIpc) is 3.01. The fourth-order valence-electron chi connectivity index (χ4n) is 3.41. The van der Waals surface area contributed by atoms with Crippen molar-refractivity contribution >= 4 is 44.0 Å². The number of rotatable bonds is 3. The molecule has 3 unspecified atom stereocenters. The molecule has 3 rings (SSSR count). The molecular weight excluding hydrogens is 410 g/mol. The Morgan fingerprint density at radius 3 is 2.57 bits per heavy atom. The molecule has 1 saturated heterocycles. The van der Waals surface area contributed by atoms with E-state index in [4.69, 9.17) is 5.73 Å². The molecule has 23 heavy (non-hydrogen) atoms. The Bertz CT molecular complexity index is 730. The van der Waals surface area contributed by atoms with Gasteiger partial charge in [0.1, 0.15) is 0 Å². The second kappa shape index (κ2) is 6.64. The molecule has 1 saturated carbocycles. The summed E-state index contributed by atoms with van der Waals surface area (Å²) in [5.41, 5.74) is 5.88.